The molecule has 1 aromatic carbocycles. The van der Waals surface area contributed by atoms with Crippen molar-refractivity contribution in [2.24, 2.45) is 7.05 Å². The lowest BCUT2D eigenvalue weighted by atomic mass is 10.1. The Morgan fingerprint density at radius 1 is 1.19 bits per heavy atom. The third-order valence-electron chi connectivity index (χ3n) is 4.48. The summed E-state index contributed by atoms with van der Waals surface area (Å²) < 4.78 is 6.96. The van der Waals surface area contributed by atoms with Crippen LogP contribution in [-0.2, 0) is 13.6 Å². The number of benzene rings is 1. The van der Waals surface area contributed by atoms with Gasteiger partial charge in [0.2, 0.25) is 5.71 Å². The summed E-state index contributed by atoms with van der Waals surface area (Å²) in [5, 5.41) is 0.241. The highest BCUT2D eigenvalue weighted by molar-refractivity contribution is 6.06. The summed E-state index contributed by atoms with van der Waals surface area (Å²) in [6.07, 6.45) is 1.40. The second kappa shape index (κ2) is 7.75. The lowest BCUT2D eigenvalue weighted by Crippen LogP contribution is -2.37. The van der Waals surface area contributed by atoms with Crippen LogP contribution < -0.4 is 5.56 Å². The van der Waals surface area contributed by atoms with Crippen LogP contribution >= 0.6 is 0 Å². The number of fused-ring (bicyclic) bond motifs is 1. The first-order valence-electron chi connectivity index (χ1n) is 8.81. The predicted octanol–water partition coefficient (Wildman–Crippen LogP) is 2.04. The van der Waals surface area contributed by atoms with E-state index in [4.69, 9.17) is 4.42 Å². The molecule has 0 unspecified atom stereocenters. The van der Waals surface area contributed by atoms with Gasteiger partial charge in [-0.25, -0.2) is 4.98 Å². The number of hydrogen-bond donors (Lipinski definition) is 0. The normalized spacial score (nSPS) is 11.3. The third kappa shape index (κ3) is 3.93. The number of aromatic nitrogens is 2. The van der Waals surface area contributed by atoms with Crippen molar-refractivity contribution in [2.45, 2.75) is 13.5 Å². The average molecular weight is 368 g/mol. The van der Waals surface area contributed by atoms with Crippen LogP contribution in [-0.4, -0.2) is 52.4 Å². The molecule has 2 heterocycles. The van der Waals surface area contributed by atoms with E-state index in [1.54, 1.807) is 18.9 Å². The second-order valence-electron chi connectivity index (χ2n) is 6.89. The summed E-state index contributed by atoms with van der Waals surface area (Å²) in [6.45, 7) is 3.40. The van der Waals surface area contributed by atoms with Crippen molar-refractivity contribution in [3.8, 4) is 0 Å². The highest BCUT2D eigenvalue weighted by Gasteiger charge is 2.26. The zero-order valence-electron chi connectivity index (χ0n) is 16.1. The van der Waals surface area contributed by atoms with E-state index in [2.05, 4.69) is 4.98 Å². The molecule has 0 fully saturated rings. The molecule has 0 aliphatic heterocycles. The molecule has 0 saturated heterocycles. The minimum Gasteiger partial charge on any atom is -0.442 e. The summed E-state index contributed by atoms with van der Waals surface area (Å²) in [7, 11) is 5.53. The Morgan fingerprint density at radius 3 is 2.56 bits per heavy atom. The molecule has 7 nitrogen and oxygen atoms in total. The van der Waals surface area contributed by atoms with E-state index in [1.165, 1.54) is 10.9 Å². The summed E-state index contributed by atoms with van der Waals surface area (Å²) in [5.74, 6) is 0.191. The number of carbonyl (C=O) groups excluding carboxylic acids is 1. The largest absolute Gasteiger partial charge is 0.442 e. The molecule has 1 amide bonds. The van der Waals surface area contributed by atoms with Crippen LogP contribution in [0.15, 0.2) is 45.9 Å². The van der Waals surface area contributed by atoms with Crippen LogP contribution in [0.5, 0.6) is 0 Å². The number of nitrogens with zero attached hydrogens (tertiary/aromatic N) is 4. The predicted molar refractivity (Wildman–Crippen MR) is 104 cm³/mol. The summed E-state index contributed by atoms with van der Waals surface area (Å²) >= 11 is 0. The molecule has 0 aliphatic carbocycles. The van der Waals surface area contributed by atoms with E-state index in [9.17, 15) is 9.59 Å². The molecule has 0 atom stereocenters. The molecule has 0 bridgehead atoms. The number of amides is 1. The maximum Gasteiger partial charge on any atom is 0.265 e. The molecular weight excluding hydrogens is 344 g/mol. The van der Waals surface area contributed by atoms with Crippen LogP contribution in [0.4, 0.5) is 0 Å². The van der Waals surface area contributed by atoms with E-state index < -0.39 is 0 Å². The van der Waals surface area contributed by atoms with Crippen molar-refractivity contribution in [3.63, 3.8) is 0 Å². The fraction of sp³-hybridized carbons (Fsp3) is 0.350. The molecule has 7 heteroatoms. The van der Waals surface area contributed by atoms with Crippen molar-refractivity contribution >= 4 is 17.0 Å². The molecule has 0 saturated carbocycles. The zero-order chi connectivity index (χ0) is 19.6. The van der Waals surface area contributed by atoms with Crippen LogP contribution in [0, 0.1) is 6.92 Å². The molecule has 0 spiro atoms. The van der Waals surface area contributed by atoms with Gasteiger partial charge in [-0.2, -0.15) is 0 Å². The van der Waals surface area contributed by atoms with Gasteiger partial charge in [-0.15, -0.1) is 0 Å². The van der Waals surface area contributed by atoms with E-state index >= 15 is 0 Å². The van der Waals surface area contributed by atoms with Crippen molar-refractivity contribution in [3.05, 3.63) is 63.9 Å². The van der Waals surface area contributed by atoms with Gasteiger partial charge in [-0.1, -0.05) is 30.3 Å². The first-order chi connectivity index (χ1) is 12.9. The molecule has 0 N–H and O–H groups in total. The summed E-state index contributed by atoms with van der Waals surface area (Å²) in [6, 6.07) is 9.80. The van der Waals surface area contributed by atoms with E-state index in [0.717, 1.165) is 5.56 Å². The minimum atomic E-state index is -0.285. The first-order valence-corrected chi connectivity index (χ1v) is 8.81. The van der Waals surface area contributed by atoms with Gasteiger partial charge in [0.25, 0.3) is 11.5 Å². The fourth-order valence-corrected chi connectivity index (χ4v) is 2.98. The minimum absolute atomic E-state index is 0.200. The van der Waals surface area contributed by atoms with Crippen LogP contribution in [0.1, 0.15) is 21.7 Å². The lowest BCUT2D eigenvalue weighted by molar-refractivity contribution is 0.0732. The SMILES string of the molecule is Cc1oc2ncn(C)c(=O)c2c1C(=O)N(CCN(C)C)Cc1ccccc1. The van der Waals surface area contributed by atoms with Gasteiger partial charge in [-0.3, -0.25) is 9.59 Å². The second-order valence-corrected chi connectivity index (χ2v) is 6.89. The van der Waals surface area contributed by atoms with Gasteiger partial charge in [0.15, 0.2) is 0 Å². The quantitative estimate of drug-likeness (QED) is 0.666. The number of hydrogen-bond acceptors (Lipinski definition) is 5. The number of aryl methyl sites for hydroxylation is 2. The Labute approximate surface area is 157 Å². The molecule has 0 radical (unpaired) electrons. The Morgan fingerprint density at radius 2 is 1.89 bits per heavy atom. The monoisotopic (exact) mass is 368 g/mol. The highest BCUT2D eigenvalue weighted by atomic mass is 16.3. The van der Waals surface area contributed by atoms with Crippen LogP contribution in [0.3, 0.4) is 0 Å². The first kappa shape index (κ1) is 18.8. The van der Waals surface area contributed by atoms with Crippen LogP contribution in [0.25, 0.3) is 11.1 Å². The van der Waals surface area contributed by atoms with Crippen molar-refractivity contribution in [1.29, 1.82) is 0 Å². The Hall–Kier alpha value is -2.93. The molecule has 0 aliphatic rings. The molecule has 142 valence electrons. The van der Waals surface area contributed by atoms with Crippen molar-refractivity contribution < 1.29 is 9.21 Å². The Kier molecular flexibility index (Phi) is 5.41. The van der Waals surface area contributed by atoms with E-state index in [-0.39, 0.29) is 22.6 Å². The van der Waals surface area contributed by atoms with E-state index in [0.29, 0.717) is 31.0 Å². The topological polar surface area (TPSA) is 71.6 Å². The van der Waals surface area contributed by atoms with Crippen LogP contribution in [0.2, 0.25) is 0 Å². The third-order valence-corrected chi connectivity index (χ3v) is 4.48. The standard InChI is InChI=1S/C20H24N4O3/c1-14-16(17-18(27-14)21-13-23(4)19(17)25)20(26)24(11-10-22(2)3)12-15-8-6-5-7-9-15/h5-9,13H,10-12H2,1-4H3. The maximum absolute atomic E-state index is 13.4. The van der Waals surface area contributed by atoms with E-state index in [1.807, 2.05) is 49.3 Å². The van der Waals surface area contributed by atoms with Gasteiger partial charge in [0, 0.05) is 26.7 Å². The van der Waals surface area contributed by atoms with Gasteiger partial charge >= 0.3 is 0 Å². The van der Waals surface area contributed by atoms with Gasteiger partial charge in [0.1, 0.15) is 17.5 Å². The molecule has 2 aromatic heterocycles. The molecular formula is C20H24N4O3. The average Bonchev–Trinajstić information content (AvgIpc) is 2.98. The number of likely N-dealkylation sites (N-methyl/N-ethyl adjacent to an activating group) is 1. The van der Waals surface area contributed by atoms with Crippen molar-refractivity contribution in [2.75, 3.05) is 27.2 Å². The maximum atomic E-state index is 13.4. The molecule has 3 aromatic rings. The van der Waals surface area contributed by atoms with Gasteiger partial charge < -0.3 is 18.8 Å². The number of furan rings is 1. The van der Waals surface area contributed by atoms with Gasteiger partial charge in [-0.05, 0) is 26.6 Å². The summed E-state index contributed by atoms with van der Waals surface area (Å²) in [4.78, 5) is 33.9. The Bertz CT molecular complexity index is 1010. The zero-order valence-corrected chi connectivity index (χ0v) is 16.1. The smallest absolute Gasteiger partial charge is 0.265 e. The number of rotatable bonds is 6. The number of carbonyl (C=O) groups is 1. The van der Waals surface area contributed by atoms with Gasteiger partial charge in [0.05, 0.1) is 5.56 Å². The fourth-order valence-electron chi connectivity index (χ4n) is 2.98. The summed E-state index contributed by atoms with van der Waals surface area (Å²) in [5.41, 5.74) is 1.24. The Balaban J connectivity index is 2.03. The van der Waals surface area contributed by atoms with Crippen molar-refractivity contribution in [1.82, 2.24) is 19.4 Å². The molecule has 27 heavy (non-hydrogen) atoms. The lowest BCUT2D eigenvalue weighted by Gasteiger charge is -2.24. The highest BCUT2D eigenvalue weighted by Crippen LogP contribution is 2.23. The molecule has 3 rings (SSSR count).